The van der Waals surface area contributed by atoms with E-state index < -0.39 is 5.79 Å². The molecule has 0 amide bonds. The highest BCUT2D eigenvalue weighted by Crippen LogP contribution is 2.22. The molecule has 1 atom stereocenters. The van der Waals surface area contributed by atoms with Gasteiger partial charge in [0.2, 0.25) is 0 Å². The van der Waals surface area contributed by atoms with Crippen molar-refractivity contribution in [2.24, 2.45) is 0 Å². The van der Waals surface area contributed by atoms with Crippen LogP contribution in [0.25, 0.3) is 0 Å². The van der Waals surface area contributed by atoms with Crippen molar-refractivity contribution in [3.63, 3.8) is 0 Å². The van der Waals surface area contributed by atoms with Gasteiger partial charge in [0.05, 0.1) is 0 Å². The number of allylic oxidation sites excluding steroid dienone is 1. The van der Waals surface area contributed by atoms with E-state index in [1.165, 1.54) is 0 Å². The Morgan fingerprint density at radius 3 is 3.00 bits per heavy atom. The predicted octanol–water partition coefficient (Wildman–Crippen LogP) is 1.67. The van der Waals surface area contributed by atoms with Crippen LogP contribution in [-0.2, 0) is 14.3 Å². The summed E-state index contributed by atoms with van der Waals surface area (Å²) in [5.74, 6) is -0.596. The van der Waals surface area contributed by atoms with Gasteiger partial charge in [-0.3, -0.25) is 4.79 Å². The molecular weight excluding hydrogens is 168 g/mol. The first-order chi connectivity index (χ1) is 6.05. The average Bonchev–Trinajstić information content (AvgIpc) is 2.07. The normalized spacial score (nSPS) is 27.2. The Labute approximate surface area is 78.7 Å². The molecule has 0 bridgehead atoms. The maximum absolute atomic E-state index is 11.3. The van der Waals surface area contributed by atoms with E-state index in [1.807, 2.05) is 13.8 Å². The molecule has 0 saturated carbocycles. The van der Waals surface area contributed by atoms with Crippen molar-refractivity contribution in [3.8, 4) is 0 Å². The summed E-state index contributed by atoms with van der Waals surface area (Å²) in [5, 5.41) is 0. The molecule has 1 saturated heterocycles. The van der Waals surface area contributed by atoms with Crippen LogP contribution in [0.5, 0.6) is 0 Å². The van der Waals surface area contributed by atoms with Crippen molar-refractivity contribution < 1.29 is 14.3 Å². The molecule has 3 heteroatoms. The number of carbonyl (C=O) groups is 1. The monoisotopic (exact) mass is 184 g/mol. The van der Waals surface area contributed by atoms with Gasteiger partial charge in [-0.15, -0.1) is 6.58 Å². The van der Waals surface area contributed by atoms with Crippen LogP contribution in [0.1, 0.15) is 26.7 Å². The summed E-state index contributed by atoms with van der Waals surface area (Å²) in [6, 6.07) is 0. The summed E-state index contributed by atoms with van der Waals surface area (Å²) in [6.45, 7) is 7.41. The van der Waals surface area contributed by atoms with Gasteiger partial charge >= 0.3 is 0 Å². The van der Waals surface area contributed by atoms with Crippen molar-refractivity contribution in [2.45, 2.75) is 38.6 Å². The molecule has 0 aromatic heterocycles. The molecule has 1 aliphatic heterocycles. The van der Waals surface area contributed by atoms with Crippen LogP contribution >= 0.6 is 0 Å². The largest absolute Gasteiger partial charge is 0.343 e. The number of Topliss-reactive ketones (excluding diaryl/α,β-unsaturated/α-hetero) is 1. The van der Waals surface area contributed by atoms with Gasteiger partial charge in [0.15, 0.2) is 11.6 Å². The lowest BCUT2D eigenvalue weighted by molar-refractivity contribution is -0.258. The smallest absolute Gasteiger partial charge is 0.187 e. The summed E-state index contributed by atoms with van der Waals surface area (Å²) in [6.07, 6.45) is 2.97. The van der Waals surface area contributed by atoms with E-state index in [0.717, 1.165) is 6.42 Å². The summed E-state index contributed by atoms with van der Waals surface area (Å²) >= 11 is 0. The predicted molar refractivity (Wildman–Crippen MR) is 49.3 cm³/mol. The van der Waals surface area contributed by atoms with Gasteiger partial charge in [0.25, 0.3) is 0 Å². The highest BCUT2D eigenvalue weighted by molar-refractivity contribution is 5.84. The zero-order chi connectivity index (χ0) is 9.90. The van der Waals surface area contributed by atoms with E-state index in [1.54, 1.807) is 6.08 Å². The Morgan fingerprint density at radius 1 is 1.69 bits per heavy atom. The molecule has 3 nitrogen and oxygen atoms in total. The van der Waals surface area contributed by atoms with E-state index in [-0.39, 0.29) is 18.5 Å². The SMILES string of the molecule is C=CCCC1OC(C)(C)OCC1=O. The Kier molecular flexibility index (Phi) is 3.22. The third-order valence-electron chi connectivity index (χ3n) is 1.98. The molecular formula is C10H16O3. The molecule has 13 heavy (non-hydrogen) atoms. The van der Waals surface area contributed by atoms with Gasteiger partial charge < -0.3 is 9.47 Å². The minimum absolute atomic E-state index is 0.0289. The second kappa shape index (κ2) is 4.03. The third kappa shape index (κ3) is 2.94. The molecule has 0 aromatic carbocycles. The summed E-state index contributed by atoms with van der Waals surface area (Å²) < 4.78 is 10.7. The molecule has 1 unspecified atom stereocenters. The molecule has 0 N–H and O–H groups in total. The molecule has 74 valence electrons. The van der Waals surface area contributed by atoms with Crippen LogP contribution in [0.15, 0.2) is 12.7 Å². The Balaban J connectivity index is 2.50. The summed E-state index contributed by atoms with van der Waals surface area (Å²) in [5.41, 5.74) is 0. The number of hydrogen-bond acceptors (Lipinski definition) is 3. The first kappa shape index (κ1) is 10.4. The van der Waals surface area contributed by atoms with Crippen molar-refractivity contribution in [1.29, 1.82) is 0 Å². The van der Waals surface area contributed by atoms with Gasteiger partial charge in [0.1, 0.15) is 12.7 Å². The second-order valence-corrected chi connectivity index (χ2v) is 3.63. The summed E-state index contributed by atoms with van der Waals surface area (Å²) in [4.78, 5) is 11.3. The average molecular weight is 184 g/mol. The number of rotatable bonds is 3. The van der Waals surface area contributed by atoms with E-state index >= 15 is 0 Å². The Hall–Kier alpha value is -0.670. The lowest BCUT2D eigenvalue weighted by atomic mass is 10.1. The number of carbonyl (C=O) groups excluding carboxylic acids is 1. The van der Waals surface area contributed by atoms with Gasteiger partial charge in [0, 0.05) is 0 Å². The second-order valence-electron chi connectivity index (χ2n) is 3.63. The standard InChI is InChI=1S/C10H16O3/c1-4-5-6-9-8(11)7-12-10(2,3)13-9/h4,9H,1,5-7H2,2-3H3. The number of hydrogen-bond donors (Lipinski definition) is 0. The van der Waals surface area contributed by atoms with Gasteiger partial charge in [-0.25, -0.2) is 0 Å². The maximum Gasteiger partial charge on any atom is 0.187 e. The molecule has 0 radical (unpaired) electrons. The highest BCUT2D eigenvalue weighted by atomic mass is 16.7. The van der Waals surface area contributed by atoms with Crippen LogP contribution in [0.3, 0.4) is 0 Å². The van der Waals surface area contributed by atoms with Crippen molar-refractivity contribution >= 4 is 5.78 Å². The van der Waals surface area contributed by atoms with Crippen LogP contribution in [0.4, 0.5) is 0 Å². The molecule has 0 spiro atoms. The van der Waals surface area contributed by atoms with Crippen LogP contribution in [-0.4, -0.2) is 24.3 Å². The van der Waals surface area contributed by atoms with Gasteiger partial charge in [-0.05, 0) is 26.7 Å². The molecule has 1 fully saturated rings. The zero-order valence-corrected chi connectivity index (χ0v) is 8.21. The Morgan fingerprint density at radius 2 is 2.38 bits per heavy atom. The topological polar surface area (TPSA) is 35.5 Å². The van der Waals surface area contributed by atoms with Gasteiger partial charge in [-0.1, -0.05) is 6.08 Å². The highest BCUT2D eigenvalue weighted by Gasteiger charge is 2.34. The number of ketones is 1. The first-order valence-electron chi connectivity index (χ1n) is 4.50. The van der Waals surface area contributed by atoms with Crippen molar-refractivity contribution in [3.05, 3.63) is 12.7 Å². The van der Waals surface area contributed by atoms with E-state index in [2.05, 4.69) is 6.58 Å². The molecule has 0 aliphatic carbocycles. The van der Waals surface area contributed by atoms with Crippen LogP contribution in [0.2, 0.25) is 0 Å². The van der Waals surface area contributed by atoms with E-state index in [0.29, 0.717) is 6.42 Å². The van der Waals surface area contributed by atoms with Gasteiger partial charge in [-0.2, -0.15) is 0 Å². The summed E-state index contributed by atoms with van der Waals surface area (Å²) in [7, 11) is 0. The fourth-order valence-corrected chi connectivity index (χ4v) is 1.27. The lowest BCUT2D eigenvalue weighted by Crippen LogP contribution is -2.45. The fraction of sp³-hybridized carbons (Fsp3) is 0.700. The minimum Gasteiger partial charge on any atom is -0.343 e. The number of ether oxygens (including phenoxy) is 2. The molecule has 1 aliphatic rings. The van der Waals surface area contributed by atoms with Crippen LogP contribution in [0, 0.1) is 0 Å². The van der Waals surface area contributed by atoms with Crippen LogP contribution < -0.4 is 0 Å². The minimum atomic E-state index is -0.625. The third-order valence-corrected chi connectivity index (χ3v) is 1.98. The lowest BCUT2D eigenvalue weighted by Gasteiger charge is -2.34. The van der Waals surface area contributed by atoms with Crippen molar-refractivity contribution in [2.75, 3.05) is 6.61 Å². The van der Waals surface area contributed by atoms with Crippen molar-refractivity contribution in [1.82, 2.24) is 0 Å². The molecule has 1 heterocycles. The quantitative estimate of drug-likeness (QED) is 0.626. The van der Waals surface area contributed by atoms with E-state index in [9.17, 15) is 4.79 Å². The molecule has 1 rings (SSSR count). The van der Waals surface area contributed by atoms with E-state index in [4.69, 9.17) is 9.47 Å². The Bertz CT molecular complexity index is 208. The maximum atomic E-state index is 11.3. The molecule has 0 aromatic rings. The first-order valence-corrected chi connectivity index (χ1v) is 4.50. The zero-order valence-electron chi connectivity index (χ0n) is 8.21. The fourth-order valence-electron chi connectivity index (χ4n) is 1.27.